The zero-order valence-corrected chi connectivity index (χ0v) is 17.2. The van der Waals surface area contributed by atoms with Crippen LogP contribution in [0.15, 0.2) is 29.1 Å². The van der Waals surface area contributed by atoms with E-state index in [9.17, 15) is 4.79 Å². The van der Waals surface area contributed by atoms with Gasteiger partial charge in [-0.1, -0.05) is 17.7 Å². The van der Waals surface area contributed by atoms with Gasteiger partial charge in [0.2, 0.25) is 5.95 Å². The Balaban J connectivity index is 0.000000552. The van der Waals surface area contributed by atoms with Crippen molar-refractivity contribution in [3.8, 4) is 23.6 Å². The highest BCUT2D eigenvalue weighted by Gasteiger charge is 2.18. The van der Waals surface area contributed by atoms with Crippen molar-refractivity contribution in [3.63, 3.8) is 0 Å². The average molecular weight is 394 g/mol. The van der Waals surface area contributed by atoms with E-state index >= 15 is 0 Å². The summed E-state index contributed by atoms with van der Waals surface area (Å²) in [5, 5.41) is 3.29. The van der Waals surface area contributed by atoms with Crippen molar-refractivity contribution in [2.24, 2.45) is 7.05 Å². The summed E-state index contributed by atoms with van der Waals surface area (Å²) in [4.78, 5) is 26.8. The summed E-state index contributed by atoms with van der Waals surface area (Å²) in [7, 11) is 1.64. The second-order valence-electron chi connectivity index (χ2n) is 6.67. The SMILES string of the molecule is CC#CC.Cc1ccc(Oc2nc3nc(N4CCNCC4)[nH]c3c(=O)n2C)cc1. The van der Waals surface area contributed by atoms with Crippen LogP contribution in [0.5, 0.6) is 11.8 Å². The van der Waals surface area contributed by atoms with Crippen molar-refractivity contribution in [2.45, 2.75) is 20.8 Å². The molecule has 0 aliphatic carbocycles. The number of aromatic nitrogens is 4. The fourth-order valence-electron chi connectivity index (χ4n) is 2.83. The molecular weight excluding hydrogens is 368 g/mol. The van der Waals surface area contributed by atoms with Crippen LogP contribution in [-0.4, -0.2) is 45.7 Å². The van der Waals surface area contributed by atoms with Gasteiger partial charge in [-0.25, -0.2) is 0 Å². The number of rotatable bonds is 3. The van der Waals surface area contributed by atoms with Gasteiger partial charge in [0.05, 0.1) is 0 Å². The minimum Gasteiger partial charge on any atom is -0.425 e. The molecule has 4 rings (SSSR count). The number of aryl methyl sites for hydroxylation is 1. The lowest BCUT2D eigenvalue weighted by molar-refractivity contribution is 0.415. The van der Waals surface area contributed by atoms with E-state index in [0.29, 0.717) is 22.9 Å². The lowest BCUT2D eigenvalue weighted by Gasteiger charge is -2.26. The van der Waals surface area contributed by atoms with Crippen LogP contribution in [0.2, 0.25) is 0 Å². The number of aromatic amines is 1. The van der Waals surface area contributed by atoms with E-state index in [4.69, 9.17) is 4.74 Å². The molecule has 0 amide bonds. The molecule has 1 fully saturated rings. The number of H-pyrrole nitrogens is 1. The largest absolute Gasteiger partial charge is 0.425 e. The molecule has 3 heterocycles. The Labute approximate surface area is 169 Å². The zero-order chi connectivity index (χ0) is 20.8. The molecule has 1 aliphatic rings. The van der Waals surface area contributed by atoms with Crippen molar-refractivity contribution in [2.75, 3.05) is 31.1 Å². The topological polar surface area (TPSA) is 88.1 Å². The summed E-state index contributed by atoms with van der Waals surface area (Å²) in [5.74, 6) is 6.67. The van der Waals surface area contributed by atoms with Gasteiger partial charge in [0, 0.05) is 33.2 Å². The molecular formula is C21H26N6O2. The first-order valence-corrected chi connectivity index (χ1v) is 9.54. The van der Waals surface area contributed by atoms with Crippen LogP contribution in [0.1, 0.15) is 19.4 Å². The molecule has 152 valence electrons. The molecule has 0 bridgehead atoms. The predicted molar refractivity (Wildman–Crippen MR) is 115 cm³/mol. The van der Waals surface area contributed by atoms with E-state index in [0.717, 1.165) is 31.7 Å². The third-order valence-corrected chi connectivity index (χ3v) is 4.58. The number of fused-ring (bicyclic) bond motifs is 1. The molecule has 0 spiro atoms. The maximum Gasteiger partial charge on any atom is 0.306 e. The van der Waals surface area contributed by atoms with Crippen molar-refractivity contribution in [1.82, 2.24) is 24.8 Å². The summed E-state index contributed by atoms with van der Waals surface area (Å²) in [6.07, 6.45) is 0. The number of piperazine rings is 1. The van der Waals surface area contributed by atoms with Gasteiger partial charge in [-0.15, -0.1) is 11.8 Å². The second-order valence-corrected chi connectivity index (χ2v) is 6.67. The second kappa shape index (κ2) is 9.26. The first kappa shape index (κ1) is 20.4. The normalized spacial score (nSPS) is 13.3. The Hall–Kier alpha value is -3.31. The summed E-state index contributed by atoms with van der Waals surface area (Å²) in [6.45, 7) is 9.11. The van der Waals surface area contributed by atoms with Gasteiger partial charge >= 0.3 is 6.01 Å². The highest BCUT2D eigenvalue weighted by atomic mass is 16.5. The number of benzene rings is 1. The zero-order valence-electron chi connectivity index (χ0n) is 17.2. The van der Waals surface area contributed by atoms with Crippen molar-refractivity contribution in [1.29, 1.82) is 0 Å². The van der Waals surface area contributed by atoms with Crippen LogP contribution in [-0.2, 0) is 7.05 Å². The van der Waals surface area contributed by atoms with E-state index in [2.05, 4.69) is 37.0 Å². The minimum absolute atomic E-state index is 0.207. The van der Waals surface area contributed by atoms with Gasteiger partial charge in [-0.3, -0.25) is 9.36 Å². The maximum atomic E-state index is 12.6. The van der Waals surface area contributed by atoms with E-state index in [1.807, 2.05) is 45.0 Å². The number of anilines is 1. The van der Waals surface area contributed by atoms with E-state index in [1.54, 1.807) is 7.05 Å². The average Bonchev–Trinajstić information content (AvgIpc) is 3.18. The summed E-state index contributed by atoms with van der Waals surface area (Å²) in [6, 6.07) is 7.82. The number of imidazole rings is 1. The summed E-state index contributed by atoms with van der Waals surface area (Å²) < 4.78 is 7.17. The Morgan fingerprint density at radius 1 is 1.07 bits per heavy atom. The van der Waals surface area contributed by atoms with E-state index < -0.39 is 0 Å². The van der Waals surface area contributed by atoms with Gasteiger partial charge in [0.25, 0.3) is 5.56 Å². The molecule has 8 nitrogen and oxygen atoms in total. The molecule has 2 N–H and O–H groups in total. The van der Waals surface area contributed by atoms with Crippen molar-refractivity contribution >= 4 is 17.1 Å². The monoisotopic (exact) mass is 394 g/mol. The molecule has 1 aliphatic heterocycles. The first-order valence-electron chi connectivity index (χ1n) is 9.54. The maximum absolute atomic E-state index is 12.6. The van der Waals surface area contributed by atoms with Crippen LogP contribution in [0.3, 0.4) is 0 Å². The third-order valence-electron chi connectivity index (χ3n) is 4.58. The predicted octanol–water partition coefficient (Wildman–Crippen LogP) is 2.20. The number of hydrogen-bond acceptors (Lipinski definition) is 6. The molecule has 0 atom stereocenters. The van der Waals surface area contributed by atoms with Gasteiger partial charge < -0.3 is 19.9 Å². The van der Waals surface area contributed by atoms with Gasteiger partial charge in [-0.05, 0) is 32.9 Å². The molecule has 0 saturated carbocycles. The van der Waals surface area contributed by atoms with Gasteiger partial charge in [0.15, 0.2) is 11.2 Å². The first-order chi connectivity index (χ1) is 14.0. The summed E-state index contributed by atoms with van der Waals surface area (Å²) >= 11 is 0. The van der Waals surface area contributed by atoms with Crippen LogP contribution < -0.4 is 20.5 Å². The molecule has 8 heteroatoms. The summed E-state index contributed by atoms with van der Waals surface area (Å²) in [5.41, 5.74) is 1.70. The highest BCUT2D eigenvalue weighted by molar-refractivity contribution is 5.73. The smallest absolute Gasteiger partial charge is 0.306 e. The van der Waals surface area contributed by atoms with Gasteiger partial charge in [0.1, 0.15) is 5.75 Å². The van der Waals surface area contributed by atoms with Crippen LogP contribution in [0, 0.1) is 18.8 Å². The number of hydrogen-bond donors (Lipinski definition) is 2. The lowest BCUT2D eigenvalue weighted by Crippen LogP contribution is -2.44. The number of nitrogens with zero attached hydrogens (tertiary/aromatic N) is 4. The Bertz CT molecular complexity index is 1080. The molecule has 1 saturated heterocycles. The van der Waals surface area contributed by atoms with Crippen LogP contribution >= 0.6 is 0 Å². The van der Waals surface area contributed by atoms with Gasteiger partial charge in [-0.2, -0.15) is 9.97 Å². The molecule has 0 radical (unpaired) electrons. The molecule has 0 unspecified atom stereocenters. The van der Waals surface area contributed by atoms with Crippen LogP contribution in [0.25, 0.3) is 11.2 Å². The Morgan fingerprint density at radius 2 is 1.72 bits per heavy atom. The van der Waals surface area contributed by atoms with Crippen LogP contribution in [0.4, 0.5) is 5.95 Å². The Kier molecular flexibility index (Phi) is 6.52. The lowest BCUT2D eigenvalue weighted by atomic mass is 10.2. The van der Waals surface area contributed by atoms with Crippen molar-refractivity contribution < 1.29 is 4.74 Å². The quantitative estimate of drug-likeness (QED) is 0.662. The fourth-order valence-corrected chi connectivity index (χ4v) is 2.83. The fraction of sp³-hybridized carbons (Fsp3) is 0.381. The van der Waals surface area contributed by atoms with Crippen molar-refractivity contribution in [3.05, 3.63) is 40.2 Å². The number of nitrogens with one attached hydrogen (secondary N) is 2. The van der Waals surface area contributed by atoms with E-state index in [-0.39, 0.29) is 11.6 Å². The Morgan fingerprint density at radius 3 is 2.34 bits per heavy atom. The molecule has 29 heavy (non-hydrogen) atoms. The number of ether oxygens (including phenoxy) is 1. The minimum atomic E-state index is -0.207. The standard InChI is InChI=1S/C17H20N6O2.C4H6/c1-11-3-5-12(6-4-11)25-17-21-14-13(15(24)22(17)2)19-16(20-14)23-9-7-18-8-10-23;1-3-4-2/h3-6,18H,7-10H2,1-2H3,(H,19,20);1-2H3. The van der Waals surface area contributed by atoms with E-state index in [1.165, 1.54) is 4.57 Å². The molecule has 3 aromatic rings. The molecule has 2 aromatic heterocycles. The highest BCUT2D eigenvalue weighted by Crippen LogP contribution is 2.21. The molecule has 1 aromatic carbocycles. The third kappa shape index (κ3) is 4.76.